The third kappa shape index (κ3) is 4.45. The van der Waals surface area contributed by atoms with Crippen LogP contribution in [0, 0.1) is 0 Å². The summed E-state index contributed by atoms with van der Waals surface area (Å²) in [6, 6.07) is 8.92. The van der Waals surface area contributed by atoms with Crippen molar-refractivity contribution in [3.8, 4) is 0 Å². The molecule has 0 aliphatic rings. The molecule has 16 heavy (non-hydrogen) atoms. The van der Waals surface area contributed by atoms with E-state index in [0.717, 1.165) is 19.3 Å². The summed E-state index contributed by atoms with van der Waals surface area (Å²) in [5.74, 6) is -0.218. The van der Waals surface area contributed by atoms with Crippen LogP contribution in [0.4, 0.5) is 0 Å². The van der Waals surface area contributed by atoms with E-state index >= 15 is 0 Å². The van der Waals surface area contributed by atoms with Gasteiger partial charge in [0.15, 0.2) is 0 Å². The zero-order chi connectivity index (χ0) is 11.8. The van der Waals surface area contributed by atoms with E-state index in [9.17, 15) is 9.90 Å². The summed E-state index contributed by atoms with van der Waals surface area (Å²) < 4.78 is 0. The van der Waals surface area contributed by atoms with Gasteiger partial charge in [0.1, 0.15) is 6.23 Å². The van der Waals surface area contributed by atoms with Crippen molar-refractivity contribution in [2.75, 3.05) is 0 Å². The molecular formula is C13H19NO2. The van der Waals surface area contributed by atoms with E-state index < -0.39 is 6.23 Å². The highest BCUT2D eigenvalue weighted by atomic mass is 16.3. The first-order valence-corrected chi connectivity index (χ1v) is 5.78. The maximum Gasteiger partial charge on any atom is 0.253 e. The molecule has 0 saturated carbocycles. The van der Waals surface area contributed by atoms with Gasteiger partial charge >= 0.3 is 0 Å². The zero-order valence-electron chi connectivity index (χ0n) is 9.65. The summed E-state index contributed by atoms with van der Waals surface area (Å²) in [7, 11) is 0. The molecule has 88 valence electrons. The van der Waals surface area contributed by atoms with Crippen LogP contribution < -0.4 is 5.32 Å². The minimum absolute atomic E-state index is 0.218. The smallest absolute Gasteiger partial charge is 0.253 e. The first kappa shape index (κ1) is 12.7. The van der Waals surface area contributed by atoms with Crippen LogP contribution in [-0.4, -0.2) is 17.2 Å². The second kappa shape index (κ2) is 7.01. The molecule has 1 amide bonds. The summed E-state index contributed by atoms with van der Waals surface area (Å²) in [4.78, 5) is 11.6. The van der Waals surface area contributed by atoms with Crippen LogP contribution in [0.15, 0.2) is 30.3 Å². The van der Waals surface area contributed by atoms with Gasteiger partial charge in [-0.3, -0.25) is 4.79 Å². The average molecular weight is 221 g/mol. The standard InChI is InChI=1S/C13H19NO2/c1-2-3-5-10-12(15)14-13(16)11-8-6-4-7-9-11/h4,6-9,12,15H,2-3,5,10H2,1H3,(H,14,16). The number of amides is 1. The number of rotatable bonds is 6. The topological polar surface area (TPSA) is 49.3 Å². The molecule has 1 atom stereocenters. The molecule has 0 saturated heterocycles. The molecule has 2 N–H and O–H groups in total. The minimum atomic E-state index is -0.737. The number of nitrogens with one attached hydrogen (secondary N) is 1. The first-order chi connectivity index (χ1) is 7.74. The van der Waals surface area contributed by atoms with Crippen molar-refractivity contribution in [3.63, 3.8) is 0 Å². The molecule has 3 heteroatoms. The van der Waals surface area contributed by atoms with Crippen LogP contribution in [0.2, 0.25) is 0 Å². The van der Waals surface area contributed by atoms with Gasteiger partial charge in [-0.2, -0.15) is 0 Å². The Balaban J connectivity index is 2.34. The molecule has 3 nitrogen and oxygen atoms in total. The molecule has 0 bridgehead atoms. The van der Waals surface area contributed by atoms with Crippen LogP contribution in [0.5, 0.6) is 0 Å². The number of hydrogen-bond donors (Lipinski definition) is 2. The van der Waals surface area contributed by atoms with Crippen molar-refractivity contribution in [2.24, 2.45) is 0 Å². The Morgan fingerprint density at radius 2 is 2.00 bits per heavy atom. The van der Waals surface area contributed by atoms with Crippen molar-refractivity contribution in [1.82, 2.24) is 5.32 Å². The molecule has 1 rings (SSSR count). The minimum Gasteiger partial charge on any atom is -0.374 e. The van der Waals surface area contributed by atoms with E-state index in [-0.39, 0.29) is 5.91 Å². The molecule has 1 unspecified atom stereocenters. The van der Waals surface area contributed by atoms with Gasteiger partial charge in [-0.1, -0.05) is 38.0 Å². The predicted molar refractivity (Wildman–Crippen MR) is 64.1 cm³/mol. The lowest BCUT2D eigenvalue weighted by atomic mass is 10.1. The largest absolute Gasteiger partial charge is 0.374 e. The van der Waals surface area contributed by atoms with Crippen molar-refractivity contribution in [1.29, 1.82) is 0 Å². The molecule has 0 aromatic heterocycles. The number of benzene rings is 1. The van der Waals surface area contributed by atoms with Crippen molar-refractivity contribution in [2.45, 2.75) is 38.8 Å². The maximum absolute atomic E-state index is 11.6. The molecule has 1 aromatic rings. The summed E-state index contributed by atoms with van der Waals surface area (Å²) in [6.45, 7) is 2.11. The molecule has 0 spiro atoms. The molecule has 0 aliphatic heterocycles. The normalized spacial score (nSPS) is 12.1. The van der Waals surface area contributed by atoms with Gasteiger partial charge in [0.2, 0.25) is 0 Å². The Kier molecular flexibility index (Phi) is 5.57. The van der Waals surface area contributed by atoms with Crippen LogP contribution in [0.1, 0.15) is 43.0 Å². The fraction of sp³-hybridized carbons (Fsp3) is 0.462. The zero-order valence-corrected chi connectivity index (χ0v) is 9.65. The molecule has 0 aliphatic carbocycles. The van der Waals surface area contributed by atoms with Crippen molar-refractivity contribution < 1.29 is 9.90 Å². The Morgan fingerprint density at radius 1 is 1.31 bits per heavy atom. The SMILES string of the molecule is CCCCCC(O)NC(=O)c1ccccc1. The first-order valence-electron chi connectivity index (χ1n) is 5.78. The third-order valence-electron chi connectivity index (χ3n) is 2.41. The van der Waals surface area contributed by atoms with E-state index in [2.05, 4.69) is 12.2 Å². The summed E-state index contributed by atoms with van der Waals surface area (Å²) in [5, 5.41) is 12.1. The second-order valence-electron chi connectivity index (χ2n) is 3.85. The Bertz CT molecular complexity index is 311. The van der Waals surface area contributed by atoms with Crippen molar-refractivity contribution >= 4 is 5.91 Å². The number of aliphatic hydroxyl groups is 1. The lowest BCUT2D eigenvalue weighted by molar-refractivity contribution is 0.0758. The van der Waals surface area contributed by atoms with Crippen molar-refractivity contribution in [3.05, 3.63) is 35.9 Å². The number of unbranched alkanes of at least 4 members (excludes halogenated alkanes) is 2. The highest BCUT2D eigenvalue weighted by Crippen LogP contribution is 2.03. The molecule has 1 aromatic carbocycles. The molecule has 0 radical (unpaired) electrons. The molecule has 0 fully saturated rings. The van der Waals surface area contributed by atoms with E-state index in [0.29, 0.717) is 12.0 Å². The van der Waals surface area contributed by atoms with Gasteiger partial charge < -0.3 is 10.4 Å². The number of aliphatic hydroxyl groups excluding tert-OH is 1. The Morgan fingerprint density at radius 3 is 2.62 bits per heavy atom. The highest BCUT2D eigenvalue weighted by molar-refractivity contribution is 5.94. The van der Waals surface area contributed by atoms with E-state index in [4.69, 9.17) is 0 Å². The fourth-order valence-corrected chi connectivity index (χ4v) is 1.48. The second-order valence-corrected chi connectivity index (χ2v) is 3.85. The van der Waals surface area contributed by atoms with Crippen LogP contribution in [-0.2, 0) is 0 Å². The monoisotopic (exact) mass is 221 g/mol. The van der Waals surface area contributed by atoms with Gasteiger partial charge in [0.05, 0.1) is 0 Å². The number of hydrogen-bond acceptors (Lipinski definition) is 2. The van der Waals surface area contributed by atoms with Gasteiger partial charge in [-0.25, -0.2) is 0 Å². The van der Waals surface area contributed by atoms with Crippen LogP contribution in [0.25, 0.3) is 0 Å². The summed E-state index contributed by atoms with van der Waals surface area (Å²) >= 11 is 0. The van der Waals surface area contributed by atoms with Gasteiger partial charge in [0.25, 0.3) is 5.91 Å². The highest BCUT2D eigenvalue weighted by Gasteiger charge is 2.09. The maximum atomic E-state index is 11.6. The van der Waals surface area contributed by atoms with Crippen LogP contribution >= 0.6 is 0 Å². The lowest BCUT2D eigenvalue weighted by Crippen LogP contribution is -2.34. The Hall–Kier alpha value is -1.35. The van der Waals surface area contributed by atoms with E-state index in [1.807, 2.05) is 6.07 Å². The van der Waals surface area contributed by atoms with Gasteiger partial charge in [-0.05, 0) is 25.0 Å². The van der Waals surface area contributed by atoms with E-state index in [1.165, 1.54) is 0 Å². The van der Waals surface area contributed by atoms with Crippen LogP contribution in [0.3, 0.4) is 0 Å². The predicted octanol–water partition coefficient (Wildman–Crippen LogP) is 2.32. The lowest BCUT2D eigenvalue weighted by Gasteiger charge is -2.12. The molecule has 0 heterocycles. The third-order valence-corrected chi connectivity index (χ3v) is 2.41. The number of carbonyl (C=O) groups is 1. The van der Waals surface area contributed by atoms with Gasteiger partial charge in [-0.15, -0.1) is 0 Å². The quantitative estimate of drug-likeness (QED) is 0.572. The number of carbonyl (C=O) groups excluding carboxylic acids is 1. The average Bonchev–Trinajstić information content (AvgIpc) is 2.30. The van der Waals surface area contributed by atoms with Gasteiger partial charge in [0, 0.05) is 5.56 Å². The molecular weight excluding hydrogens is 202 g/mol. The fourth-order valence-electron chi connectivity index (χ4n) is 1.48. The Labute approximate surface area is 96.5 Å². The van der Waals surface area contributed by atoms with E-state index in [1.54, 1.807) is 24.3 Å². The summed E-state index contributed by atoms with van der Waals surface area (Å²) in [6.07, 6.45) is 3.01. The summed E-state index contributed by atoms with van der Waals surface area (Å²) in [5.41, 5.74) is 0.581.